The maximum Gasteiger partial charge on any atom is 0.193 e. The third-order valence-corrected chi connectivity index (χ3v) is 4.97. The molecule has 3 rings (SSSR count). The fourth-order valence-electron chi connectivity index (χ4n) is 2.64. The molecule has 0 fully saturated rings. The maximum absolute atomic E-state index is 4.77. The normalized spacial score (nSPS) is 11.5. The second-order valence-electron chi connectivity index (χ2n) is 6.05. The van der Waals surface area contributed by atoms with E-state index in [4.69, 9.17) is 4.99 Å². The smallest absolute Gasteiger partial charge is 0.193 e. The molecule has 0 atom stereocenters. The molecule has 0 saturated heterocycles. The van der Waals surface area contributed by atoms with Crippen molar-refractivity contribution >= 4 is 17.3 Å². The van der Waals surface area contributed by atoms with Crippen molar-refractivity contribution in [3.63, 3.8) is 0 Å². The molecule has 0 bridgehead atoms. The molecule has 0 spiro atoms. The second kappa shape index (κ2) is 9.20. The molecule has 0 aliphatic carbocycles. The monoisotopic (exact) mass is 367 g/mol. The van der Waals surface area contributed by atoms with E-state index in [0.717, 1.165) is 36.7 Å². The molecule has 0 aliphatic heterocycles. The van der Waals surface area contributed by atoms with Crippen molar-refractivity contribution in [1.29, 1.82) is 0 Å². The van der Waals surface area contributed by atoms with Crippen molar-refractivity contribution < 1.29 is 0 Å². The van der Waals surface area contributed by atoms with E-state index in [1.165, 1.54) is 4.88 Å². The summed E-state index contributed by atoms with van der Waals surface area (Å²) in [6.07, 6.45) is 4.95. The van der Waals surface area contributed by atoms with Gasteiger partial charge in [0.2, 0.25) is 0 Å². The Kier molecular flexibility index (Phi) is 6.44. The zero-order valence-corrected chi connectivity index (χ0v) is 16.1. The molecule has 26 heavy (non-hydrogen) atoms. The van der Waals surface area contributed by atoms with Crippen molar-refractivity contribution in [3.05, 3.63) is 70.7 Å². The molecule has 5 nitrogen and oxygen atoms in total. The highest BCUT2D eigenvalue weighted by atomic mass is 32.1. The quantitative estimate of drug-likeness (QED) is 0.513. The van der Waals surface area contributed by atoms with E-state index < -0.39 is 0 Å². The molecule has 2 aromatic heterocycles. The molecule has 0 amide bonds. The minimum atomic E-state index is 0.610. The van der Waals surface area contributed by atoms with Gasteiger partial charge in [-0.3, -0.25) is 0 Å². The fourth-order valence-corrected chi connectivity index (χ4v) is 3.34. The topological polar surface area (TPSA) is 45.5 Å². The SMILES string of the molecule is CCNC(=NCc1cnn(-c2ccccc2)c1)N(C)CCc1cccs1. The van der Waals surface area contributed by atoms with Crippen LogP contribution < -0.4 is 5.32 Å². The zero-order chi connectivity index (χ0) is 18.2. The number of para-hydroxylation sites is 1. The maximum atomic E-state index is 4.77. The fraction of sp³-hybridized carbons (Fsp3) is 0.300. The van der Waals surface area contributed by atoms with Gasteiger partial charge in [-0.25, -0.2) is 9.67 Å². The highest BCUT2D eigenvalue weighted by Gasteiger charge is 2.07. The van der Waals surface area contributed by atoms with E-state index >= 15 is 0 Å². The predicted molar refractivity (Wildman–Crippen MR) is 109 cm³/mol. The molecule has 3 aromatic rings. The molecule has 2 heterocycles. The lowest BCUT2D eigenvalue weighted by Gasteiger charge is -2.21. The van der Waals surface area contributed by atoms with Gasteiger partial charge in [-0.1, -0.05) is 24.3 Å². The number of aliphatic imine (C=N–C) groups is 1. The van der Waals surface area contributed by atoms with E-state index in [1.54, 1.807) is 11.3 Å². The summed E-state index contributed by atoms with van der Waals surface area (Å²) in [6.45, 7) is 4.50. The first-order valence-corrected chi connectivity index (χ1v) is 9.75. The van der Waals surface area contributed by atoms with E-state index in [0.29, 0.717) is 6.54 Å². The Labute approximate surface area is 159 Å². The van der Waals surface area contributed by atoms with Gasteiger partial charge in [0.05, 0.1) is 18.4 Å². The number of hydrogen-bond donors (Lipinski definition) is 1. The predicted octanol–water partition coefficient (Wildman–Crippen LogP) is 3.57. The van der Waals surface area contributed by atoms with Crippen LogP contribution in [0.25, 0.3) is 5.69 Å². The van der Waals surface area contributed by atoms with Crippen LogP contribution in [0, 0.1) is 0 Å². The van der Waals surface area contributed by atoms with Crippen LogP contribution in [0.2, 0.25) is 0 Å². The molecule has 1 N–H and O–H groups in total. The third kappa shape index (κ3) is 4.95. The first-order valence-electron chi connectivity index (χ1n) is 8.87. The van der Waals surface area contributed by atoms with Gasteiger partial charge in [-0.15, -0.1) is 11.3 Å². The van der Waals surface area contributed by atoms with Gasteiger partial charge in [0, 0.05) is 36.8 Å². The average Bonchev–Trinajstić information content (AvgIpc) is 3.36. The molecule has 0 radical (unpaired) electrons. The molecule has 0 saturated carbocycles. The molecule has 136 valence electrons. The van der Waals surface area contributed by atoms with Gasteiger partial charge in [0.25, 0.3) is 0 Å². The second-order valence-corrected chi connectivity index (χ2v) is 7.08. The van der Waals surface area contributed by atoms with Crippen molar-refractivity contribution in [2.75, 3.05) is 20.1 Å². The van der Waals surface area contributed by atoms with Crippen molar-refractivity contribution in [2.45, 2.75) is 19.9 Å². The summed E-state index contributed by atoms with van der Waals surface area (Å²) in [7, 11) is 2.09. The summed E-state index contributed by atoms with van der Waals surface area (Å²) in [5.41, 5.74) is 2.15. The summed E-state index contributed by atoms with van der Waals surface area (Å²) >= 11 is 1.80. The summed E-state index contributed by atoms with van der Waals surface area (Å²) < 4.78 is 1.89. The lowest BCUT2D eigenvalue weighted by molar-refractivity contribution is 0.486. The average molecular weight is 368 g/mol. The molecular weight excluding hydrogens is 342 g/mol. The summed E-state index contributed by atoms with van der Waals surface area (Å²) in [6, 6.07) is 14.4. The van der Waals surface area contributed by atoms with Crippen molar-refractivity contribution in [1.82, 2.24) is 20.0 Å². The van der Waals surface area contributed by atoms with E-state index in [9.17, 15) is 0 Å². The largest absolute Gasteiger partial charge is 0.357 e. The first-order chi connectivity index (χ1) is 12.8. The van der Waals surface area contributed by atoms with Crippen LogP contribution in [-0.4, -0.2) is 40.8 Å². The highest BCUT2D eigenvalue weighted by Crippen LogP contribution is 2.10. The molecule has 1 aromatic carbocycles. The van der Waals surface area contributed by atoms with E-state index in [1.807, 2.05) is 47.4 Å². The Morgan fingerprint density at radius 3 is 2.81 bits per heavy atom. The van der Waals surface area contributed by atoms with Crippen LogP contribution in [0.4, 0.5) is 0 Å². The Morgan fingerprint density at radius 2 is 2.08 bits per heavy atom. The summed E-state index contributed by atoms with van der Waals surface area (Å²) in [4.78, 5) is 8.36. The summed E-state index contributed by atoms with van der Waals surface area (Å²) in [5.74, 6) is 0.927. The van der Waals surface area contributed by atoms with Crippen LogP contribution in [0.1, 0.15) is 17.4 Å². The van der Waals surface area contributed by atoms with E-state index in [-0.39, 0.29) is 0 Å². The number of nitrogens with one attached hydrogen (secondary N) is 1. The van der Waals surface area contributed by atoms with Crippen molar-refractivity contribution in [3.8, 4) is 5.69 Å². The number of nitrogens with zero attached hydrogens (tertiary/aromatic N) is 4. The van der Waals surface area contributed by atoms with Gasteiger partial charge in [-0.2, -0.15) is 5.10 Å². The number of hydrogen-bond acceptors (Lipinski definition) is 3. The van der Waals surface area contributed by atoms with Crippen molar-refractivity contribution in [2.24, 2.45) is 4.99 Å². The zero-order valence-electron chi connectivity index (χ0n) is 15.3. The van der Waals surface area contributed by atoms with Gasteiger partial charge < -0.3 is 10.2 Å². The lowest BCUT2D eigenvalue weighted by Crippen LogP contribution is -2.39. The molecule has 0 unspecified atom stereocenters. The third-order valence-electron chi connectivity index (χ3n) is 4.04. The molecule has 0 aliphatic rings. The van der Waals surface area contributed by atoms with Crippen LogP contribution >= 0.6 is 11.3 Å². The number of benzene rings is 1. The molecular formula is C20H25N5S. The Bertz CT molecular complexity index is 808. The Morgan fingerprint density at radius 1 is 1.23 bits per heavy atom. The number of aromatic nitrogens is 2. The lowest BCUT2D eigenvalue weighted by atomic mass is 10.3. The Hall–Kier alpha value is -2.60. The van der Waals surface area contributed by atoms with Crippen LogP contribution in [0.5, 0.6) is 0 Å². The van der Waals surface area contributed by atoms with E-state index in [2.05, 4.69) is 46.8 Å². The van der Waals surface area contributed by atoms with Gasteiger partial charge in [0.1, 0.15) is 0 Å². The van der Waals surface area contributed by atoms with Gasteiger partial charge in [0.15, 0.2) is 5.96 Å². The van der Waals surface area contributed by atoms with Gasteiger partial charge >= 0.3 is 0 Å². The summed E-state index contributed by atoms with van der Waals surface area (Å²) in [5, 5.41) is 9.94. The number of guanidine groups is 1. The van der Waals surface area contributed by atoms with Gasteiger partial charge in [-0.05, 0) is 36.9 Å². The Balaban J connectivity index is 1.62. The molecule has 6 heteroatoms. The van der Waals surface area contributed by atoms with Crippen LogP contribution in [-0.2, 0) is 13.0 Å². The standard InChI is InChI=1S/C20H25N5S/c1-3-21-20(24(2)12-11-19-10-7-13-26-19)22-14-17-15-23-25(16-17)18-8-5-4-6-9-18/h4-10,13,15-16H,3,11-12,14H2,1-2H3,(H,21,22). The number of rotatable bonds is 7. The van der Waals surface area contributed by atoms with Crippen LogP contribution in [0.15, 0.2) is 65.2 Å². The number of thiophene rings is 1. The first kappa shape index (κ1) is 18.2. The minimum absolute atomic E-state index is 0.610. The minimum Gasteiger partial charge on any atom is -0.357 e. The number of likely N-dealkylation sites (N-methyl/N-ethyl adjacent to an activating group) is 1. The van der Waals surface area contributed by atoms with Crippen LogP contribution in [0.3, 0.4) is 0 Å². The highest BCUT2D eigenvalue weighted by molar-refractivity contribution is 7.09.